The molecule has 0 spiro atoms. The number of para-hydroxylation sites is 1. The summed E-state index contributed by atoms with van der Waals surface area (Å²) in [5, 5.41) is 1.34. The molecule has 92 valence electrons. The predicted octanol–water partition coefficient (Wildman–Crippen LogP) is 3.03. The van der Waals surface area contributed by atoms with Crippen molar-refractivity contribution in [3.05, 3.63) is 60.0 Å². The zero-order valence-corrected chi connectivity index (χ0v) is 10.7. The maximum absolute atomic E-state index is 3.38. The zero-order chi connectivity index (χ0) is 12.5. The minimum atomic E-state index is 0.825. The number of hydrogen-bond donors (Lipinski definition) is 1. The van der Waals surface area contributed by atoms with E-state index in [0.717, 1.165) is 6.54 Å². The van der Waals surface area contributed by atoms with E-state index in [0.29, 0.717) is 0 Å². The van der Waals surface area contributed by atoms with Gasteiger partial charge in [0, 0.05) is 36.0 Å². The molecule has 0 atom stereocenters. The third-order valence-corrected chi connectivity index (χ3v) is 3.54. The first-order chi connectivity index (χ1) is 8.77. The molecule has 0 saturated carbocycles. The number of rotatable bonds is 3. The Morgan fingerprint density at radius 1 is 1.06 bits per heavy atom. The Morgan fingerprint density at radius 3 is 2.50 bits per heavy atom. The fourth-order valence-electron chi connectivity index (χ4n) is 2.49. The molecule has 3 heteroatoms. The van der Waals surface area contributed by atoms with Gasteiger partial charge in [-0.05, 0) is 30.7 Å². The molecule has 0 saturated heterocycles. The number of nitrogens with one attached hydrogen (secondary N) is 1. The van der Waals surface area contributed by atoms with Crippen LogP contribution in [0.2, 0.25) is 0 Å². The average Bonchev–Trinajstić information content (AvgIpc) is 2.98. The van der Waals surface area contributed by atoms with Gasteiger partial charge in [0.15, 0.2) is 0 Å². The number of benzene rings is 1. The van der Waals surface area contributed by atoms with Crippen molar-refractivity contribution in [3.8, 4) is 0 Å². The summed E-state index contributed by atoms with van der Waals surface area (Å²) in [4.78, 5) is 0. The van der Waals surface area contributed by atoms with Crippen LogP contribution < -0.4 is 5.43 Å². The van der Waals surface area contributed by atoms with Gasteiger partial charge < -0.3 is 9.99 Å². The summed E-state index contributed by atoms with van der Waals surface area (Å²) in [5.41, 5.74) is 7.35. The standard InChI is InChI=1S/C15H17N3/c1-12-13-7-3-4-8-14(13)17(2)15(12)11-16-18-9-5-6-10-18/h3-10,16H,11H2,1-2H3. The molecule has 0 aliphatic heterocycles. The lowest BCUT2D eigenvalue weighted by molar-refractivity contribution is 0.781. The monoisotopic (exact) mass is 239 g/mol. The summed E-state index contributed by atoms with van der Waals surface area (Å²) >= 11 is 0. The molecule has 0 bridgehead atoms. The van der Waals surface area contributed by atoms with E-state index in [1.165, 1.54) is 22.2 Å². The highest BCUT2D eigenvalue weighted by molar-refractivity contribution is 5.85. The summed E-state index contributed by atoms with van der Waals surface area (Å²) in [6.45, 7) is 3.01. The quantitative estimate of drug-likeness (QED) is 0.745. The first-order valence-electron chi connectivity index (χ1n) is 6.17. The Hall–Kier alpha value is -2.16. The van der Waals surface area contributed by atoms with Crippen molar-refractivity contribution in [2.24, 2.45) is 7.05 Å². The smallest absolute Gasteiger partial charge is 0.0719 e. The second-order valence-electron chi connectivity index (χ2n) is 4.57. The van der Waals surface area contributed by atoms with Crippen LogP contribution >= 0.6 is 0 Å². The van der Waals surface area contributed by atoms with Crippen molar-refractivity contribution in [1.82, 2.24) is 9.24 Å². The molecule has 1 aromatic carbocycles. The minimum absolute atomic E-state index is 0.825. The van der Waals surface area contributed by atoms with Crippen LogP contribution in [0.1, 0.15) is 11.3 Å². The van der Waals surface area contributed by atoms with E-state index >= 15 is 0 Å². The molecule has 0 unspecified atom stereocenters. The molecule has 18 heavy (non-hydrogen) atoms. The highest BCUT2D eigenvalue weighted by Crippen LogP contribution is 2.24. The minimum Gasteiger partial charge on any atom is -0.346 e. The molecule has 3 nitrogen and oxygen atoms in total. The van der Waals surface area contributed by atoms with E-state index in [1.54, 1.807) is 0 Å². The lowest BCUT2D eigenvalue weighted by atomic mass is 10.1. The molecule has 0 amide bonds. The maximum Gasteiger partial charge on any atom is 0.0719 e. The van der Waals surface area contributed by atoms with Crippen LogP contribution in [0.3, 0.4) is 0 Å². The van der Waals surface area contributed by atoms with Crippen molar-refractivity contribution in [3.63, 3.8) is 0 Å². The molecule has 0 fully saturated rings. The normalized spacial score (nSPS) is 11.0. The fourth-order valence-corrected chi connectivity index (χ4v) is 2.49. The van der Waals surface area contributed by atoms with Crippen molar-refractivity contribution in [2.75, 3.05) is 5.43 Å². The molecule has 0 aliphatic rings. The fraction of sp³-hybridized carbons (Fsp3) is 0.200. The Labute approximate surface area is 107 Å². The number of nitrogens with zero attached hydrogens (tertiary/aromatic N) is 2. The molecule has 2 aromatic heterocycles. The van der Waals surface area contributed by atoms with Gasteiger partial charge >= 0.3 is 0 Å². The third kappa shape index (κ3) is 1.68. The summed E-state index contributed by atoms with van der Waals surface area (Å²) < 4.78 is 4.25. The van der Waals surface area contributed by atoms with Gasteiger partial charge in [-0.3, -0.25) is 4.68 Å². The zero-order valence-electron chi connectivity index (χ0n) is 10.7. The van der Waals surface area contributed by atoms with Gasteiger partial charge in [-0.25, -0.2) is 0 Å². The topological polar surface area (TPSA) is 21.9 Å². The SMILES string of the molecule is Cc1c(CNn2cccc2)n(C)c2ccccc12. The third-order valence-electron chi connectivity index (χ3n) is 3.54. The number of fused-ring (bicyclic) bond motifs is 1. The summed E-state index contributed by atoms with van der Waals surface area (Å²) in [6, 6.07) is 12.6. The van der Waals surface area contributed by atoms with Crippen LogP contribution in [0, 0.1) is 6.92 Å². The summed E-state index contributed by atoms with van der Waals surface area (Å²) in [6.07, 6.45) is 4.02. The highest BCUT2D eigenvalue weighted by Gasteiger charge is 2.10. The van der Waals surface area contributed by atoms with E-state index in [1.807, 2.05) is 29.2 Å². The van der Waals surface area contributed by atoms with E-state index < -0.39 is 0 Å². The van der Waals surface area contributed by atoms with Crippen LogP contribution in [0.15, 0.2) is 48.8 Å². The number of aryl methyl sites for hydroxylation is 2. The van der Waals surface area contributed by atoms with Gasteiger partial charge in [-0.1, -0.05) is 18.2 Å². The first kappa shape index (κ1) is 11.0. The predicted molar refractivity (Wildman–Crippen MR) is 75.2 cm³/mol. The van der Waals surface area contributed by atoms with Gasteiger partial charge in [0.05, 0.1) is 6.54 Å². The number of hydrogen-bond acceptors (Lipinski definition) is 1. The van der Waals surface area contributed by atoms with Gasteiger partial charge in [0.25, 0.3) is 0 Å². The largest absolute Gasteiger partial charge is 0.346 e. The molecule has 2 heterocycles. The average molecular weight is 239 g/mol. The van der Waals surface area contributed by atoms with Crippen LogP contribution in [-0.2, 0) is 13.6 Å². The van der Waals surface area contributed by atoms with Crippen molar-refractivity contribution < 1.29 is 0 Å². The molecule has 3 rings (SSSR count). The van der Waals surface area contributed by atoms with E-state index in [2.05, 4.69) is 48.2 Å². The Balaban J connectivity index is 1.96. The second kappa shape index (κ2) is 4.26. The van der Waals surface area contributed by atoms with Crippen molar-refractivity contribution in [2.45, 2.75) is 13.5 Å². The summed E-state index contributed by atoms with van der Waals surface area (Å²) in [7, 11) is 2.13. The Bertz CT molecular complexity index is 623. The molecule has 1 N–H and O–H groups in total. The molecular formula is C15H17N3. The van der Waals surface area contributed by atoms with Gasteiger partial charge in [0.2, 0.25) is 0 Å². The molecule has 0 aliphatic carbocycles. The molecular weight excluding hydrogens is 222 g/mol. The van der Waals surface area contributed by atoms with Crippen LogP contribution in [-0.4, -0.2) is 9.24 Å². The van der Waals surface area contributed by atoms with Gasteiger partial charge in [0.1, 0.15) is 0 Å². The summed E-state index contributed by atoms with van der Waals surface area (Å²) in [5.74, 6) is 0. The van der Waals surface area contributed by atoms with Crippen LogP contribution in [0.5, 0.6) is 0 Å². The van der Waals surface area contributed by atoms with E-state index in [9.17, 15) is 0 Å². The van der Waals surface area contributed by atoms with Crippen molar-refractivity contribution >= 4 is 10.9 Å². The molecule has 3 aromatic rings. The van der Waals surface area contributed by atoms with Crippen molar-refractivity contribution in [1.29, 1.82) is 0 Å². The van der Waals surface area contributed by atoms with Crippen LogP contribution in [0.25, 0.3) is 10.9 Å². The Kier molecular flexibility index (Phi) is 2.59. The maximum atomic E-state index is 3.38. The number of aromatic nitrogens is 2. The van der Waals surface area contributed by atoms with Crippen LogP contribution in [0.4, 0.5) is 0 Å². The lowest BCUT2D eigenvalue weighted by Gasteiger charge is -2.10. The highest BCUT2D eigenvalue weighted by atomic mass is 15.4. The van der Waals surface area contributed by atoms with Gasteiger partial charge in [-0.2, -0.15) is 0 Å². The van der Waals surface area contributed by atoms with E-state index in [4.69, 9.17) is 0 Å². The van der Waals surface area contributed by atoms with Gasteiger partial charge in [-0.15, -0.1) is 0 Å². The second-order valence-corrected chi connectivity index (χ2v) is 4.57. The Morgan fingerprint density at radius 2 is 1.78 bits per heavy atom. The molecule has 0 radical (unpaired) electrons. The van der Waals surface area contributed by atoms with E-state index in [-0.39, 0.29) is 0 Å². The lowest BCUT2D eigenvalue weighted by Crippen LogP contribution is -2.14. The first-order valence-corrected chi connectivity index (χ1v) is 6.17.